The molecule has 5 rings (SSSR count). The van der Waals surface area contributed by atoms with Crippen molar-refractivity contribution in [2.24, 2.45) is 5.73 Å². The number of H-pyrrole nitrogens is 1. The number of rotatable bonds is 3. The van der Waals surface area contributed by atoms with Crippen LogP contribution in [0.3, 0.4) is 0 Å². The van der Waals surface area contributed by atoms with Gasteiger partial charge in [0, 0.05) is 36.4 Å². The molecule has 1 saturated heterocycles. The minimum absolute atomic E-state index is 0.415. The molecule has 0 radical (unpaired) electrons. The molecule has 5 heterocycles. The van der Waals surface area contributed by atoms with Gasteiger partial charge in [-0.1, -0.05) is 6.07 Å². The zero-order valence-electron chi connectivity index (χ0n) is 15.7. The Bertz CT molecular complexity index is 1140. The van der Waals surface area contributed by atoms with E-state index in [1.807, 2.05) is 41.3 Å². The summed E-state index contributed by atoms with van der Waals surface area (Å²) in [6.45, 7) is 1.05. The highest BCUT2D eigenvalue weighted by Crippen LogP contribution is 2.29. The van der Waals surface area contributed by atoms with Gasteiger partial charge in [-0.3, -0.25) is 15.1 Å². The van der Waals surface area contributed by atoms with E-state index in [-0.39, 0.29) is 0 Å². The monoisotopic (exact) mass is 389 g/mol. The SMILES string of the molecule is N[C@H]1CN(c2cccc(-c3n[nH]c4cnc(-c5cccnc5)cc34)n2)CC[C@H]1F. The number of halogens is 1. The summed E-state index contributed by atoms with van der Waals surface area (Å²) in [5.74, 6) is 0.780. The van der Waals surface area contributed by atoms with E-state index in [0.29, 0.717) is 19.5 Å². The fraction of sp³-hybridized carbons (Fsp3) is 0.238. The number of hydrogen-bond acceptors (Lipinski definition) is 6. The van der Waals surface area contributed by atoms with Gasteiger partial charge in [-0.05, 0) is 36.8 Å². The van der Waals surface area contributed by atoms with E-state index in [2.05, 4.69) is 20.2 Å². The number of aromatic nitrogens is 5. The van der Waals surface area contributed by atoms with Crippen LogP contribution in [0.1, 0.15) is 6.42 Å². The van der Waals surface area contributed by atoms with Gasteiger partial charge in [0.2, 0.25) is 0 Å². The predicted octanol–water partition coefficient (Wildman–Crippen LogP) is 2.96. The Morgan fingerprint density at radius 3 is 2.90 bits per heavy atom. The van der Waals surface area contributed by atoms with Gasteiger partial charge in [-0.2, -0.15) is 5.10 Å². The third kappa shape index (κ3) is 3.31. The highest BCUT2D eigenvalue weighted by Gasteiger charge is 2.27. The van der Waals surface area contributed by atoms with Crippen LogP contribution in [0.5, 0.6) is 0 Å². The van der Waals surface area contributed by atoms with Gasteiger partial charge in [-0.15, -0.1) is 0 Å². The Kier molecular flexibility index (Phi) is 4.40. The molecular weight excluding hydrogens is 369 g/mol. The van der Waals surface area contributed by atoms with Gasteiger partial charge in [0.1, 0.15) is 17.7 Å². The second kappa shape index (κ2) is 7.21. The van der Waals surface area contributed by atoms with Crippen LogP contribution in [0.4, 0.5) is 10.2 Å². The van der Waals surface area contributed by atoms with Crippen molar-refractivity contribution in [2.75, 3.05) is 18.0 Å². The molecule has 2 atom stereocenters. The number of alkyl halides is 1. The summed E-state index contributed by atoms with van der Waals surface area (Å²) in [6, 6.07) is 11.1. The standard InChI is InChI=1S/C21H20FN7/c22-15-6-8-29(12-16(15)23)20-5-1-4-17(26-20)21-14-9-18(13-3-2-7-24-10-13)25-11-19(14)27-28-21/h1-5,7,9-11,15-16H,6,8,12,23H2,(H,27,28)/t15-,16+/m1/s1. The topological polar surface area (TPSA) is 96.6 Å². The maximum absolute atomic E-state index is 13.7. The van der Waals surface area contributed by atoms with Crippen LogP contribution in [0.25, 0.3) is 33.5 Å². The highest BCUT2D eigenvalue weighted by atomic mass is 19.1. The summed E-state index contributed by atoms with van der Waals surface area (Å²) in [6.07, 6.45) is 4.74. The van der Waals surface area contributed by atoms with Crippen molar-refractivity contribution < 1.29 is 4.39 Å². The normalized spacial score (nSPS) is 19.6. The molecule has 1 aliphatic heterocycles. The van der Waals surface area contributed by atoms with Gasteiger partial charge in [-0.25, -0.2) is 9.37 Å². The van der Waals surface area contributed by atoms with E-state index in [9.17, 15) is 4.39 Å². The second-order valence-corrected chi connectivity index (χ2v) is 7.22. The molecule has 29 heavy (non-hydrogen) atoms. The zero-order valence-corrected chi connectivity index (χ0v) is 15.7. The van der Waals surface area contributed by atoms with Crippen LogP contribution >= 0.6 is 0 Å². The van der Waals surface area contributed by atoms with Crippen molar-refractivity contribution in [3.8, 4) is 22.6 Å². The lowest BCUT2D eigenvalue weighted by Crippen LogP contribution is -2.50. The molecule has 3 N–H and O–H groups in total. The number of hydrogen-bond donors (Lipinski definition) is 2. The quantitative estimate of drug-likeness (QED) is 0.559. The fourth-order valence-corrected chi connectivity index (χ4v) is 3.68. The number of pyridine rings is 3. The van der Waals surface area contributed by atoms with E-state index in [1.165, 1.54) is 0 Å². The lowest BCUT2D eigenvalue weighted by Gasteiger charge is -2.34. The number of piperidine rings is 1. The first kappa shape index (κ1) is 17.7. The Morgan fingerprint density at radius 2 is 2.07 bits per heavy atom. The second-order valence-electron chi connectivity index (χ2n) is 7.22. The Morgan fingerprint density at radius 1 is 1.14 bits per heavy atom. The molecule has 0 spiro atoms. The van der Waals surface area contributed by atoms with Gasteiger partial charge < -0.3 is 10.6 Å². The minimum Gasteiger partial charge on any atom is -0.355 e. The largest absolute Gasteiger partial charge is 0.355 e. The molecule has 4 aromatic rings. The zero-order chi connectivity index (χ0) is 19.8. The number of anilines is 1. The van der Waals surface area contributed by atoms with Crippen molar-refractivity contribution in [3.05, 3.63) is 55.0 Å². The van der Waals surface area contributed by atoms with Crippen molar-refractivity contribution in [3.63, 3.8) is 0 Å². The van der Waals surface area contributed by atoms with Crippen LogP contribution in [0, 0.1) is 0 Å². The molecule has 0 aromatic carbocycles. The van der Waals surface area contributed by atoms with Gasteiger partial charge >= 0.3 is 0 Å². The average molecular weight is 389 g/mol. The van der Waals surface area contributed by atoms with E-state index >= 15 is 0 Å². The molecule has 0 saturated carbocycles. The van der Waals surface area contributed by atoms with Crippen LogP contribution in [0.15, 0.2) is 55.0 Å². The molecule has 0 amide bonds. The molecule has 0 aliphatic carbocycles. The van der Waals surface area contributed by atoms with Crippen LogP contribution in [-0.2, 0) is 0 Å². The molecule has 0 unspecified atom stereocenters. The Hall–Kier alpha value is -3.39. The van der Waals surface area contributed by atoms with Crippen LogP contribution in [0.2, 0.25) is 0 Å². The average Bonchev–Trinajstić information content (AvgIpc) is 3.20. The Labute approximate surface area is 166 Å². The maximum atomic E-state index is 13.7. The molecule has 1 aliphatic rings. The van der Waals surface area contributed by atoms with Crippen molar-refractivity contribution in [2.45, 2.75) is 18.6 Å². The minimum atomic E-state index is -0.955. The molecule has 8 heteroatoms. The van der Waals surface area contributed by atoms with Crippen LogP contribution < -0.4 is 10.6 Å². The van der Waals surface area contributed by atoms with Gasteiger partial charge in [0.25, 0.3) is 0 Å². The van der Waals surface area contributed by atoms with Crippen LogP contribution in [-0.4, -0.2) is 50.5 Å². The molecule has 0 bridgehead atoms. The third-order valence-electron chi connectivity index (χ3n) is 5.28. The molecule has 146 valence electrons. The smallest absolute Gasteiger partial charge is 0.129 e. The Balaban J connectivity index is 1.53. The first-order valence-electron chi connectivity index (χ1n) is 9.55. The highest BCUT2D eigenvalue weighted by molar-refractivity contribution is 5.93. The first-order chi connectivity index (χ1) is 14.2. The summed E-state index contributed by atoms with van der Waals surface area (Å²) in [5, 5.41) is 8.43. The van der Waals surface area contributed by atoms with E-state index in [4.69, 9.17) is 10.7 Å². The summed E-state index contributed by atoms with van der Waals surface area (Å²) >= 11 is 0. The molecular formula is C21H20FN7. The summed E-state index contributed by atoms with van der Waals surface area (Å²) < 4.78 is 13.7. The number of fused-ring (bicyclic) bond motifs is 1. The number of aromatic amines is 1. The third-order valence-corrected chi connectivity index (χ3v) is 5.28. The first-order valence-corrected chi connectivity index (χ1v) is 9.55. The van der Waals surface area contributed by atoms with Crippen molar-refractivity contribution in [1.82, 2.24) is 25.1 Å². The maximum Gasteiger partial charge on any atom is 0.129 e. The molecule has 1 fully saturated rings. The van der Waals surface area contributed by atoms with Gasteiger partial charge in [0.05, 0.1) is 29.1 Å². The number of nitrogens with one attached hydrogen (secondary N) is 1. The van der Waals surface area contributed by atoms with E-state index in [0.717, 1.165) is 39.4 Å². The predicted molar refractivity (Wildman–Crippen MR) is 110 cm³/mol. The summed E-state index contributed by atoms with van der Waals surface area (Å²) in [7, 11) is 0. The summed E-state index contributed by atoms with van der Waals surface area (Å²) in [5.41, 5.74) is 9.99. The lowest BCUT2D eigenvalue weighted by atomic mass is 10.0. The van der Waals surface area contributed by atoms with Crippen molar-refractivity contribution >= 4 is 16.7 Å². The summed E-state index contributed by atoms with van der Waals surface area (Å²) in [4.78, 5) is 15.5. The fourth-order valence-electron chi connectivity index (χ4n) is 3.68. The van der Waals surface area contributed by atoms with Gasteiger partial charge in [0.15, 0.2) is 0 Å². The number of nitrogens with two attached hydrogens (primary N) is 1. The number of nitrogens with zero attached hydrogens (tertiary/aromatic N) is 5. The van der Waals surface area contributed by atoms with E-state index in [1.54, 1.807) is 18.6 Å². The molecule has 4 aromatic heterocycles. The van der Waals surface area contributed by atoms with Crippen molar-refractivity contribution in [1.29, 1.82) is 0 Å². The lowest BCUT2D eigenvalue weighted by molar-refractivity contribution is 0.244. The molecule has 7 nitrogen and oxygen atoms in total. The van der Waals surface area contributed by atoms with E-state index < -0.39 is 12.2 Å².